The molecule has 5 aromatic rings. The molecule has 0 amide bonds. The molecule has 0 aliphatic rings. The summed E-state index contributed by atoms with van der Waals surface area (Å²) in [6.07, 6.45) is 1.55. The van der Waals surface area contributed by atoms with Gasteiger partial charge in [0.1, 0.15) is 5.75 Å². The van der Waals surface area contributed by atoms with E-state index in [0.717, 1.165) is 16.8 Å². The van der Waals surface area contributed by atoms with E-state index >= 15 is 0 Å². The average Bonchev–Trinajstić information content (AvgIpc) is 3.35. The summed E-state index contributed by atoms with van der Waals surface area (Å²) in [6.45, 7) is 4.00. The Kier molecular flexibility index (Phi) is 8.76. The minimum absolute atomic E-state index is 0.00443. The van der Waals surface area contributed by atoms with E-state index in [0.29, 0.717) is 33.7 Å². The summed E-state index contributed by atoms with van der Waals surface area (Å²) >= 11 is -0.00443. The Bertz CT molecular complexity index is 1510. The van der Waals surface area contributed by atoms with Crippen LogP contribution in [0.4, 0.5) is 14.1 Å². The summed E-state index contributed by atoms with van der Waals surface area (Å²) in [5, 5.41) is 0.599. The van der Waals surface area contributed by atoms with E-state index in [2.05, 4.69) is 4.98 Å². The lowest BCUT2D eigenvalue weighted by molar-refractivity contribution is 0.377. The molecule has 3 aromatic carbocycles. The third-order valence-corrected chi connectivity index (χ3v) is 6.19. The van der Waals surface area contributed by atoms with Crippen LogP contribution in [-0.2, 0) is 0 Å². The molecule has 0 fully saturated rings. The monoisotopic (exact) mass is 531 g/mol. The lowest BCUT2D eigenvalue weighted by atomic mass is 10.0. The first-order chi connectivity index (χ1) is 18.6. The van der Waals surface area contributed by atoms with Gasteiger partial charge in [0.2, 0.25) is 0 Å². The molecular weight excluding hydrogens is 504 g/mol. The van der Waals surface area contributed by atoms with Crippen molar-refractivity contribution in [2.24, 2.45) is 4.99 Å². The zero-order valence-corrected chi connectivity index (χ0v) is 22.3. The Labute approximate surface area is 225 Å². The number of rotatable bonds is 7. The van der Waals surface area contributed by atoms with Crippen molar-refractivity contribution in [1.29, 1.82) is 0 Å². The molecular formula is C30H27F2N3O2S. The van der Waals surface area contributed by atoms with Crippen molar-refractivity contribution in [3.05, 3.63) is 108 Å². The van der Waals surface area contributed by atoms with Crippen molar-refractivity contribution in [3.63, 3.8) is 0 Å². The number of halogens is 2. The number of ether oxygens (including phenoxy) is 2. The summed E-state index contributed by atoms with van der Waals surface area (Å²) in [6, 6.07) is 25.9. The van der Waals surface area contributed by atoms with Crippen LogP contribution in [-0.4, -0.2) is 28.9 Å². The molecule has 0 N–H and O–H groups in total. The number of pyridine rings is 1. The van der Waals surface area contributed by atoms with Gasteiger partial charge in [-0.3, -0.25) is 0 Å². The molecule has 0 unspecified atom stereocenters. The second-order valence-corrected chi connectivity index (χ2v) is 8.36. The molecule has 5 rings (SSSR count). The van der Waals surface area contributed by atoms with Crippen molar-refractivity contribution >= 4 is 34.9 Å². The van der Waals surface area contributed by atoms with Crippen molar-refractivity contribution in [2.45, 2.75) is 13.8 Å². The van der Waals surface area contributed by atoms with Crippen molar-refractivity contribution in [2.75, 3.05) is 14.2 Å². The van der Waals surface area contributed by atoms with Gasteiger partial charge in [0, 0.05) is 28.3 Å². The first-order valence-corrected chi connectivity index (χ1v) is 12.7. The highest BCUT2D eigenvalue weighted by Gasteiger charge is 2.22. The molecule has 0 radical (unpaired) electrons. The molecule has 0 aliphatic carbocycles. The smallest absolute Gasteiger partial charge is 0.171 e. The maximum absolute atomic E-state index is 14.6. The van der Waals surface area contributed by atoms with Gasteiger partial charge in [-0.05, 0) is 24.3 Å². The number of hydrogen-bond acceptors (Lipinski definition) is 5. The third kappa shape index (κ3) is 5.26. The van der Waals surface area contributed by atoms with E-state index in [4.69, 9.17) is 14.5 Å². The number of aliphatic imine (C=N–C) groups is 1. The van der Waals surface area contributed by atoms with Crippen LogP contribution in [0.5, 0.6) is 11.5 Å². The number of methoxy groups -OCH3 is 2. The molecule has 0 aliphatic heterocycles. The number of fused-ring (bicyclic) bond motifs is 1. The molecule has 38 heavy (non-hydrogen) atoms. The summed E-state index contributed by atoms with van der Waals surface area (Å²) in [4.78, 5) is 9.49. The molecule has 0 saturated heterocycles. The summed E-state index contributed by atoms with van der Waals surface area (Å²) in [5.74, 6) is 0.262. The van der Waals surface area contributed by atoms with Crippen LogP contribution in [0.15, 0.2) is 96.1 Å². The SMILES string of the molecule is CC.COc1ccc(F)c(OC)c1-c1cn(SF)c2nc(N=C(c3ccccc3)c3ccccc3)ccc12. The largest absolute Gasteiger partial charge is 0.496 e. The fourth-order valence-corrected chi connectivity index (χ4v) is 4.49. The Balaban J connectivity index is 0.00000164. The van der Waals surface area contributed by atoms with Gasteiger partial charge in [-0.15, -0.1) is 3.89 Å². The standard InChI is InChI=1S/C28H21F2N3O2S.C2H6/c1-34-23-15-14-22(29)27(35-2)25(23)21-17-33(36-30)28-20(21)13-16-24(32-28)31-26(18-9-5-3-6-10-18)19-11-7-4-8-12-19;1-2/h3-17H,1-2H3;1-2H3. The van der Waals surface area contributed by atoms with Gasteiger partial charge in [-0.2, -0.15) is 0 Å². The predicted octanol–water partition coefficient (Wildman–Crippen LogP) is 8.44. The van der Waals surface area contributed by atoms with E-state index in [1.54, 1.807) is 18.3 Å². The van der Waals surface area contributed by atoms with E-state index in [1.165, 1.54) is 30.3 Å². The second kappa shape index (κ2) is 12.4. The summed E-state index contributed by atoms with van der Waals surface area (Å²) < 4.78 is 40.7. The highest BCUT2D eigenvalue weighted by atomic mass is 32.2. The highest BCUT2D eigenvalue weighted by molar-refractivity contribution is 7.92. The quantitative estimate of drug-likeness (QED) is 0.198. The van der Waals surface area contributed by atoms with Crippen LogP contribution >= 0.6 is 12.3 Å². The zero-order chi connectivity index (χ0) is 27.1. The van der Waals surface area contributed by atoms with Crippen LogP contribution in [0.2, 0.25) is 0 Å². The van der Waals surface area contributed by atoms with Gasteiger partial charge in [-0.1, -0.05) is 74.5 Å². The normalized spacial score (nSPS) is 10.5. The van der Waals surface area contributed by atoms with Crippen LogP contribution in [0.25, 0.3) is 22.2 Å². The van der Waals surface area contributed by atoms with Gasteiger partial charge in [0.15, 0.2) is 35.4 Å². The Morgan fingerprint density at radius 2 is 1.47 bits per heavy atom. The van der Waals surface area contributed by atoms with Crippen LogP contribution < -0.4 is 9.47 Å². The van der Waals surface area contributed by atoms with Gasteiger partial charge in [0.25, 0.3) is 0 Å². The van der Waals surface area contributed by atoms with Gasteiger partial charge in [0.05, 0.1) is 25.5 Å². The van der Waals surface area contributed by atoms with E-state index in [9.17, 15) is 8.28 Å². The first kappa shape index (κ1) is 26.9. The van der Waals surface area contributed by atoms with E-state index < -0.39 is 5.82 Å². The van der Waals surface area contributed by atoms with Crippen LogP contribution in [0, 0.1) is 5.82 Å². The number of aromatic nitrogens is 2. The van der Waals surface area contributed by atoms with Gasteiger partial charge in [-0.25, -0.2) is 18.3 Å². The van der Waals surface area contributed by atoms with Crippen molar-refractivity contribution in [3.8, 4) is 22.6 Å². The molecule has 2 heterocycles. The fraction of sp³-hybridized carbons (Fsp3) is 0.133. The maximum Gasteiger partial charge on any atom is 0.171 e. The maximum atomic E-state index is 14.6. The topological polar surface area (TPSA) is 48.6 Å². The number of benzene rings is 3. The average molecular weight is 532 g/mol. The van der Waals surface area contributed by atoms with E-state index in [1.807, 2.05) is 74.5 Å². The highest BCUT2D eigenvalue weighted by Crippen LogP contribution is 2.44. The molecule has 0 atom stereocenters. The van der Waals surface area contributed by atoms with Crippen LogP contribution in [0.1, 0.15) is 25.0 Å². The Morgan fingerprint density at radius 1 is 0.842 bits per heavy atom. The van der Waals surface area contributed by atoms with Crippen molar-refractivity contribution in [1.82, 2.24) is 8.96 Å². The molecule has 0 spiro atoms. The van der Waals surface area contributed by atoms with Gasteiger partial charge >= 0.3 is 0 Å². The first-order valence-electron chi connectivity index (χ1n) is 12.1. The molecule has 8 heteroatoms. The zero-order valence-electron chi connectivity index (χ0n) is 21.5. The number of nitrogens with zero attached hydrogens (tertiary/aromatic N) is 3. The fourth-order valence-electron chi connectivity index (χ4n) is 4.14. The minimum atomic E-state index is -0.549. The van der Waals surface area contributed by atoms with Crippen LogP contribution in [0.3, 0.4) is 0 Å². The van der Waals surface area contributed by atoms with E-state index in [-0.39, 0.29) is 18.1 Å². The predicted molar refractivity (Wildman–Crippen MR) is 152 cm³/mol. The third-order valence-electron chi connectivity index (χ3n) is 5.77. The molecule has 194 valence electrons. The lowest BCUT2D eigenvalue weighted by Crippen LogP contribution is -2.02. The Morgan fingerprint density at radius 3 is 2.03 bits per heavy atom. The molecule has 5 nitrogen and oxygen atoms in total. The lowest BCUT2D eigenvalue weighted by Gasteiger charge is -2.13. The summed E-state index contributed by atoms with van der Waals surface area (Å²) in [5.41, 5.74) is 3.84. The second-order valence-electron chi connectivity index (χ2n) is 7.83. The molecule has 0 saturated carbocycles. The van der Waals surface area contributed by atoms with Gasteiger partial charge < -0.3 is 9.47 Å². The Hall–Kier alpha value is -4.17. The molecule has 0 bridgehead atoms. The minimum Gasteiger partial charge on any atom is -0.496 e. The summed E-state index contributed by atoms with van der Waals surface area (Å²) in [7, 11) is 2.86. The van der Waals surface area contributed by atoms with Crippen molar-refractivity contribution < 1.29 is 17.7 Å². The molecule has 2 aromatic heterocycles. The number of hydrogen-bond donors (Lipinski definition) is 0.